The zero-order chi connectivity index (χ0) is 8.15. The van der Waals surface area contributed by atoms with Crippen molar-refractivity contribution in [2.24, 2.45) is 15.9 Å². The molecule has 4 nitrogen and oxygen atoms in total. The van der Waals surface area contributed by atoms with E-state index < -0.39 is 0 Å². The van der Waals surface area contributed by atoms with Gasteiger partial charge in [-0.3, -0.25) is 0 Å². The average molecular weight is 142 g/mol. The SMILES string of the molecule is CC(C)=N/N=C(/N)N(C)C. The fraction of sp³-hybridized carbons (Fsp3) is 0.667. The van der Waals surface area contributed by atoms with Crippen molar-refractivity contribution < 1.29 is 0 Å². The minimum absolute atomic E-state index is 0.418. The van der Waals surface area contributed by atoms with Crippen molar-refractivity contribution in [2.45, 2.75) is 13.8 Å². The zero-order valence-corrected chi connectivity index (χ0v) is 6.92. The van der Waals surface area contributed by atoms with Crippen LogP contribution in [-0.2, 0) is 0 Å². The molecule has 0 rings (SSSR count). The number of nitrogens with zero attached hydrogens (tertiary/aromatic N) is 3. The van der Waals surface area contributed by atoms with Gasteiger partial charge >= 0.3 is 0 Å². The molecule has 0 heterocycles. The second kappa shape index (κ2) is 3.87. The lowest BCUT2D eigenvalue weighted by molar-refractivity contribution is 0.611. The van der Waals surface area contributed by atoms with Crippen molar-refractivity contribution in [3.8, 4) is 0 Å². The van der Waals surface area contributed by atoms with Gasteiger partial charge in [0, 0.05) is 19.8 Å². The molecule has 0 aliphatic carbocycles. The fourth-order valence-electron chi connectivity index (χ4n) is 0.241. The van der Waals surface area contributed by atoms with Crippen LogP contribution >= 0.6 is 0 Å². The Labute approximate surface area is 61.4 Å². The van der Waals surface area contributed by atoms with Crippen LogP contribution in [-0.4, -0.2) is 30.7 Å². The Hall–Kier alpha value is -1.06. The summed E-state index contributed by atoms with van der Waals surface area (Å²) in [6, 6.07) is 0. The number of guanidine groups is 1. The lowest BCUT2D eigenvalue weighted by Crippen LogP contribution is -2.29. The van der Waals surface area contributed by atoms with Gasteiger partial charge in [0.15, 0.2) is 0 Å². The highest BCUT2D eigenvalue weighted by Crippen LogP contribution is 1.79. The molecular weight excluding hydrogens is 128 g/mol. The molecule has 0 aromatic heterocycles. The predicted octanol–water partition coefficient (Wildman–Crippen LogP) is 0.259. The quantitative estimate of drug-likeness (QED) is 0.324. The van der Waals surface area contributed by atoms with Crippen LogP contribution in [0.3, 0.4) is 0 Å². The van der Waals surface area contributed by atoms with Crippen LogP contribution in [0.2, 0.25) is 0 Å². The molecule has 0 bridgehead atoms. The summed E-state index contributed by atoms with van der Waals surface area (Å²) in [6.45, 7) is 3.74. The Morgan fingerprint density at radius 3 is 2.00 bits per heavy atom. The van der Waals surface area contributed by atoms with Crippen LogP contribution < -0.4 is 5.73 Å². The molecule has 0 aromatic carbocycles. The van der Waals surface area contributed by atoms with Crippen molar-refractivity contribution in [1.82, 2.24) is 4.90 Å². The smallest absolute Gasteiger partial charge is 0.215 e. The van der Waals surface area contributed by atoms with E-state index in [2.05, 4.69) is 10.2 Å². The Morgan fingerprint density at radius 2 is 1.70 bits per heavy atom. The van der Waals surface area contributed by atoms with Crippen molar-refractivity contribution in [3.63, 3.8) is 0 Å². The molecule has 0 atom stereocenters. The highest BCUT2D eigenvalue weighted by Gasteiger charge is 1.90. The van der Waals surface area contributed by atoms with Crippen molar-refractivity contribution in [1.29, 1.82) is 0 Å². The van der Waals surface area contributed by atoms with Gasteiger partial charge in [-0.2, -0.15) is 5.10 Å². The van der Waals surface area contributed by atoms with Crippen LogP contribution in [0.15, 0.2) is 10.2 Å². The van der Waals surface area contributed by atoms with Crippen molar-refractivity contribution >= 4 is 11.7 Å². The van der Waals surface area contributed by atoms with E-state index >= 15 is 0 Å². The molecular formula is C6H14N4. The maximum Gasteiger partial charge on any atom is 0.215 e. The molecule has 0 saturated heterocycles. The van der Waals surface area contributed by atoms with Gasteiger partial charge < -0.3 is 10.6 Å². The maximum absolute atomic E-state index is 5.43. The molecule has 0 fully saturated rings. The van der Waals surface area contributed by atoms with Crippen molar-refractivity contribution in [3.05, 3.63) is 0 Å². The summed E-state index contributed by atoms with van der Waals surface area (Å²) in [5, 5.41) is 7.52. The van der Waals surface area contributed by atoms with E-state index in [0.717, 1.165) is 5.71 Å². The van der Waals surface area contributed by atoms with Crippen LogP contribution in [0, 0.1) is 0 Å². The third kappa shape index (κ3) is 3.88. The van der Waals surface area contributed by atoms with Gasteiger partial charge in [-0.05, 0) is 13.8 Å². The Kier molecular flexibility index (Phi) is 3.46. The topological polar surface area (TPSA) is 54.0 Å². The van der Waals surface area contributed by atoms with Gasteiger partial charge in [-0.1, -0.05) is 0 Å². The van der Waals surface area contributed by atoms with Crippen LogP contribution in [0.5, 0.6) is 0 Å². The van der Waals surface area contributed by atoms with Gasteiger partial charge in [0.1, 0.15) is 0 Å². The number of rotatable bonds is 1. The predicted molar refractivity (Wildman–Crippen MR) is 44.1 cm³/mol. The van der Waals surface area contributed by atoms with E-state index in [0.29, 0.717) is 5.96 Å². The zero-order valence-electron chi connectivity index (χ0n) is 6.92. The first-order valence-corrected chi connectivity index (χ1v) is 3.05. The lowest BCUT2D eigenvalue weighted by atomic mass is 10.5. The summed E-state index contributed by atoms with van der Waals surface area (Å²) in [7, 11) is 3.64. The molecule has 0 aromatic rings. The molecule has 0 aliphatic heterocycles. The molecule has 58 valence electrons. The minimum atomic E-state index is 0.418. The number of hydrogen-bond donors (Lipinski definition) is 1. The monoisotopic (exact) mass is 142 g/mol. The average Bonchev–Trinajstić information content (AvgIpc) is 1.82. The largest absolute Gasteiger partial charge is 0.368 e. The van der Waals surface area contributed by atoms with E-state index in [1.807, 2.05) is 27.9 Å². The second-order valence-corrected chi connectivity index (χ2v) is 2.40. The van der Waals surface area contributed by atoms with Gasteiger partial charge in [-0.25, -0.2) is 0 Å². The molecule has 4 heteroatoms. The van der Waals surface area contributed by atoms with Gasteiger partial charge in [0.25, 0.3) is 0 Å². The van der Waals surface area contributed by atoms with E-state index in [4.69, 9.17) is 5.73 Å². The molecule has 0 unspecified atom stereocenters. The first kappa shape index (κ1) is 8.94. The molecule has 0 saturated carbocycles. The van der Waals surface area contributed by atoms with E-state index in [9.17, 15) is 0 Å². The number of hydrogen-bond acceptors (Lipinski definition) is 2. The third-order valence-corrected chi connectivity index (χ3v) is 0.811. The second-order valence-electron chi connectivity index (χ2n) is 2.40. The van der Waals surface area contributed by atoms with E-state index in [1.54, 1.807) is 4.90 Å². The summed E-state index contributed by atoms with van der Waals surface area (Å²) >= 11 is 0. The molecule has 0 spiro atoms. The summed E-state index contributed by atoms with van der Waals surface area (Å²) in [6.07, 6.45) is 0. The Balaban J connectivity index is 4.05. The van der Waals surface area contributed by atoms with Crippen LogP contribution in [0.25, 0.3) is 0 Å². The normalized spacial score (nSPS) is 11.0. The Bertz CT molecular complexity index is 153. The molecule has 10 heavy (non-hydrogen) atoms. The van der Waals surface area contributed by atoms with E-state index in [1.165, 1.54) is 0 Å². The minimum Gasteiger partial charge on any atom is -0.368 e. The highest BCUT2D eigenvalue weighted by molar-refractivity contribution is 5.82. The summed E-state index contributed by atoms with van der Waals surface area (Å²) in [5.41, 5.74) is 6.33. The maximum atomic E-state index is 5.43. The van der Waals surface area contributed by atoms with Gasteiger partial charge in [-0.15, -0.1) is 5.10 Å². The third-order valence-electron chi connectivity index (χ3n) is 0.811. The molecule has 0 amide bonds. The van der Waals surface area contributed by atoms with E-state index in [-0.39, 0.29) is 0 Å². The fourth-order valence-corrected chi connectivity index (χ4v) is 0.241. The standard InChI is InChI=1S/C6H14N4/c1-5(2)8-9-6(7)10(3)4/h1-4H3,(H2,7,9). The Morgan fingerprint density at radius 1 is 1.20 bits per heavy atom. The van der Waals surface area contributed by atoms with Gasteiger partial charge in [0.05, 0.1) is 0 Å². The summed E-state index contributed by atoms with van der Waals surface area (Å²) in [4.78, 5) is 1.70. The number of nitrogens with two attached hydrogens (primary N) is 1. The van der Waals surface area contributed by atoms with Crippen LogP contribution in [0.4, 0.5) is 0 Å². The summed E-state index contributed by atoms with van der Waals surface area (Å²) in [5.74, 6) is 0.418. The molecule has 0 radical (unpaired) electrons. The van der Waals surface area contributed by atoms with Crippen molar-refractivity contribution in [2.75, 3.05) is 14.1 Å². The molecule has 0 aliphatic rings. The highest BCUT2D eigenvalue weighted by atomic mass is 15.3. The molecule has 2 N–H and O–H groups in total. The first-order valence-electron chi connectivity index (χ1n) is 3.05. The summed E-state index contributed by atoms with van der Waals surface area (Å²) < 4.78 is 0. The van der Waals surface area contributed by atoms with Crippen LogP contribution in [0.1, 0.15) is 13.8 Å². The lowest BCUT2D eigenvalue weighted by Gasteiger charge is -2.07. The first-order chi connectivity index (χ1) is 4.54. The van der Waals surface area contributed by atoms with Gasteiger partial charge in [0.2, 0.25) is 5.96 Å².